The molecule has 0 saturated carbocycles. The number of carbonyl (C=O) groups excluding carboxylic acids is 1. The van der Waals surface area contributed by atoms with Crippen LogP contribution in [0.15, 0.2) is 0 Å². The van der Waals surface area contributed by atoms with Crippen molar-refractivity contribution >= 4 is 33.7 Å². The van der Waals surface area contributed by atoms with Crippen LogP contribution in [0.1, 0.15) is 12.8 Å². The summed E-state index contributed by atoms with van der Waals surface area (Å²) >= 11 is 5.01. The Morgan fingerprint density at radius 2 is 2.57 bits per heavy atom. The molecule has 5 heteroatoms. The van der Waals surface area contributed by atoms with Crippen LogP contribution in [0, 0.1) is 0 Å². The Morgan fingerprint density at radius 3 is 3.14 bits per heavy atom. The zero-order valence-electron chi connectivity index (χ0n) is 8.20. The number of esters is 1. The first kappa shape index (κ1) is 12.3. The molecule has 3 nitrogen and oxygen atoms in total. The van der Waals surface area contributed by atoms with E-state index in [0.29, 0.717) is 6.10 Å². The summed E-state index contributed by atoms with van der Waals surface area (Å²) in [4.78, 5) is 10.8. The van der Waals surface area contributed by atoms with E-state index in [2.05, 4.69) is 20.7 Å². The van der Waals surface area contributed by atoms with E-state index < -0.39 is 0 Å². The first-order valence-electron chi connectivity index (χ1n) is 4.65. The lowest BCUT2D eigenvalue weighted by atomic mass is 10.3. The topological polar surface area (TPSA) is 35.5 Å². The summed E-state index contributed by atoms with van der Waals surface area (Å²) in [6, 6.07) is 0. The SMILES string of the molecule is COC(=O)C(Br)CSCC1CCCO1. The van der Waals surface area contributed by atoms with Gasteiger partial charge in [0.25, 0.3) is 0 Å². The molecule has 1 fully saturated rings. The van der Waals surface area contributed by atoms with Gasteiger partial charge in [0.1, 0.15) is 4.83 Å². The van der Waals surface area contributed by atoms with Crippen LogP contribution < -0.4 is 0 Å². The monoisotopic (exact) mass is 282 g/mol. The highest BCUT2D eigenvalue weighted by atomic mass is 79.9. The maximum Gasteiger partial charge on any atom is 0.320 e. The van der Waals surface area contributed by atoms with Crippen LogP contribution in [0.3, 0.4) is 0 Å². The summed E-state index contributed by atoms with van der Waals surface area (Å²) < 4.78 is 10.1. The van der Waals surface area contributed by atoms with E-state index in [1.165, 1.54) is 13.5 Å². The molecule has 1 heterocycles. The Kier molecular flexibility index (Phi) is 5.89. The lowest BCUT2D eigenvalue weighted by Gasteiger charge is -2.10. The second-order valence-electron chi connectivity index (χ2n) is 3.16. The molecular weight excluding hydrogens is 268 g/mol. The minimum atomic E-state index is -0.204. The van der Waals surface area contributed by atoms with Crippen molar-refractivity contribution in [2.75, 3.05) is 25.2 Å². The molecular formula is C9H15BrO3S. The molecule has 82 valence electrons. The molecule has 0 aromatic heterocycles. The summed E-state index contributed by atoms with van der Waals surface area (Å²) in [5, 5.41) is 0. The number of hydrogen-bond acceptors (Lipinski definition) is 4. The van der Waals surface area contributed by atoms with Crippen LogP contribution in [-0.2, 0) is 14.3 Å². The van der Waals surface area contributed by atoms with Gasteiger partial charge in [0.05, 0.1) is 13.2 Å². The Balaban J connectivity index is 2.05. The fourth-order valence-corrected chi connectivity index (χ4v) is 3.03. The first-order chi connectivity index (χ1) is 6.74. The average molecular weight is 283 g/mol. The standard InChI is InChI=1S/C9H15BrO3S/c1-12-9(11)8(10)6-14-5-7-3-2-4-13-7/h7-8H,2-6H2,1H3. The Bertz CT molecular complexity index is 183. The van der Waals surface area contributed by atoms with E-state index in [0.717, 1.165) is 24.5 Å². The number of thioether (sulfide) groups is 1. The Morgan fingerprint density at radius 1 is 1.79 bits per heavy atom. The summed E-state index contributed by atoms with van der Waals surface area (Å²) in [5.41, 5.74) is 0. The second-order valence-corrected chi connectivity index (χ2v) is 5.34. The highest BCUT2D eigenvalue weighted by molar-refractivity contribution is 9.10. The van der Waals surface area contributed by atoms with E-state index in [4.69, 9.17) is 4.74 Å². The van der Waals surface area contributed by atoms with Gasteiger partial charge in [-0.05, 0) is 12.8 Å². The third-order valence-corrected chi connectivity index (χ3v) is 4.35. The zero-order valence-corrected chi connectivity index (χ0v) is 10.6. The minimum Gasteiger partial charge on any atom is -0.468 e. The van der Waals surface area contributed by atoms with Crippen molar-refractivity contribution in [3.8, 4) is 0 Å². The van der Waals surface area contributed by atoms with E-state index in [-0.39, 0.29) is 10.8 Å². The number of rotatable bonds is 5. The lowest BCUT2D eigenvalue weighted by Crippen LogP contribution is -2.19. The van der Waals surface area contributed by atoms with Gasteiger partial charge < -0.3 is 9.47 Å². The van der Waals surface area contributed by atoms with Crippen molar-refractivity contribution in [3.05, 3.63) is 0 Å². The molecule has 0 aromatic carbocycles. The summed E-state index contributed by atoms with van der Waals surface area (Å²) in [6.45, 7) is 0.889. The molecule has 0 amide bonds. The average Bonchev–Trinajstić information content (AvgIpc) is 2.69. The van der Waals surface area contributed by atoms with Crippen LogP contribution >= 0.6 is 27.7 Å². The molecule has 1 saturated heterocycles. The maximum atomic E-state index is 11.0. The van der Waals surface area contributed by atoms with Crippen molar-refractivity contribution in [1.82, 2.24) is 0 Å². The molecule has 2 unspecified atom stereocenters. The maximum absolute atomic E-state index is 11.0. The van der Waals surface area contributed by atoms with Crippen LogP contribution in [0.2, 0.25) is 0 Å². The molecule has 0 N–H and O–H groups in total. The smallest absolute Gasteiger partial charge is 0.320 e. The molecule has 0 aromatic rings. The van der Waals surface area contributed by atoms with E-state index >= 15 is 0 Å². The molecule has 1 aliphatic heterocycles. The van der Waals surface area contributed by atoms with Gasteiger partial charge in [-0.25, -0.2) is 0 Å². The molecule has 1 rings (SSSR count). The van der Waals surface area contributed by atoms with Gasteiger partial charge in [-0.3, -0.25) is 4.79 Å². The van der Waals surface area contributed by atoms with Gasteiger partial charge in [0.2, 0.25) is 0 Å². The summed E-state index contributed by atoms with van der Waals surface area (Å²) in [6.07, 6.45) is 2.70. The number of carbonyl (C=O) groups is 1. The van der Waals surface area contributed by atoms with Crippen molar-refractivity contribution in [3.63, 3.8) is 0 Å². The Labute approximate surface area is 97.0 Å². The van der Waals surface area contributed by atoms with Crippen LogP contribution in [-0.4, -0.2) is 42.1 Å². The third-order valence-electron chi connectivity index (χ3n) is 2.05. The van der Waals surface area contributed by atoms with Crippen LogP contribution in [0.5, 0.6) is 0 Å². The van der Waals surface area contributed by atoms with E-state index in [1.54, 1.807) is 11.8 Å². The third kappa shape index (κ3) is 4.19. The molecule has 1 aliphatic rings. The number of halogens is 1. The minimum absolute atomic E-state index is 0.195. The number of ether oxygens (including phenoxy) is 2. The fourth-order valence-electron chi connectivity index (χ4n) is 1.27. The largest absolute Gasteiger partial charge is 0.468 e. The van der Waals surface area contributed by atoms with Gasteiger partial charge in [-0.2, -0.15) is 11.8 Å². The van der Waals surface area contributed by atoms with Gasteiger partial charge in [0.15, 0.2) is 0 Å². The van der Waals surface area contributed by atoms with E-state index in [9.17, 15) is 4.79 Å². The zero-order chi connectivity index (χ0) is 10.4. The predicted octanol–water partition coefficient (Wildman–Crippen LogP) is 1.84. The summed E-state index contributed by atoms with van der Waals surface area (Å²) in [7, 11) is 1.40. The molecule has 2 atom stereocenters. The fraction of sp³-hybridized carbons (Fsp3) is 0.889. The first-order valence-corrected chi connectivity index (χ1v) is 6.72. The molecule has 0 radical (unpaired) electrons. The summed E-state index contributed by atoms with van der Waals surface area (Å²) in [5.74, 6) is 1.51. The van der Waals surface area contributed by atoms with Crippen LogP contribution in [0.25, 0.3) is 0 Å². The molecule has 0 aliphatic carbocycles. The van der Waals surface area contributed by atoms with Crippen molar-refractivity contribution < 1.29 is 14.3 Å². The highest BCUT2D eigenvalue weighted by Crippen LogP contribution is 2.19. The number of alkyl halides is 1. The predicted molar refractivity (Wildman–Crippen MR) is 61.0 cm³/mol. The van der Waals surface area contributed by atoms with Crippen molar-refractivity contribution in [2.45, 2.75) is 23.8 Å². The highest BCUT2D eigenvalue weighted by Gasteiger charge is 2.18. The van der Waals surface area contributed by atoms with Gasteiger partial charge in [-0.1, -0.05) is 15.9 Å². The van der Waals surface area contributed by atoms with Gasteiger partial charge >= 0.3 is 5.97 Å². The number of methoxy groups -OCH3 is 1. The van der Waals surface area contributed by atoms with Crippen LogP contribution in [0.4, 0.5) is 0 Å². The van der Waals surface area contributed by atoms with Crippen molar-refractivity contribution in [2.24, 2.45) is 0 Å². The quantitative estimate of drug-likeness (QED) is 0.569. The van der Waals surface area contributed by atoms with Gasteiger partial charge in [-0.15, -0.1) is 0 Å². The van der Waals surface area contributed by atoms with Crippen molar-refractivity contribution in [1.29, 1.82) is 0 Å². The van der Waals surface area contributed by atoms with Gasteiger partial charge in [0, 0.05) is 18.1 Å². The normalized spacial score (nSPS) is 23.4. The Hall–Kier alpha value is 0.260. The number of hydrogen-bond donors (Lipinski definition) is 0. The molecule has 0 bridgehead atoms. The molecule has 0 spiro atoms. The second kappa shape index (κ2) is 6.69. The molecule has 14 heavy (non-hydrogen) atoms. The van der Waals surface area contributed by atoms with E-state index in [1.807, 2.05) is 0 Å². The lowest BCUT2D eigenvalue weighted by molar-refractivity contribution is -0.139.